The lowest BCUT2D eigenvalue weighted by Crippen LogP contribution is -1.95. The molecule has 51 heavy (non-hydrogen) atoms. The maximum Gasteiger partial charge on any atom is 0.187 e. The number of nitrogens with zero attached hydrogens (tertiary/aromatic N) is 4. The zero-order valence-electron chi connectivity index (χ0n) is 27.3. The molecule has 0 unspecified atom stereocenters. The molecule has 1 aromatic heterocycles. The van der Waals surface area contributed by atoms with E-state index in [0.717, 1.165) is 71.3 Å². The molecular weight excluding hydrogens is 621 g/mol. The summed E-state index contributed by atoms with van der Waals surface area (Å²) in [4.78, 5) is 3.85. The number of nitriles is 2. The fourth-order valence-corrected chi connectivity index (χ4v) is 7.63. The van der Waals surface area contributed by atoms with Gasteiger partial charge in [-0.2, -0.15) is 10.5 Å². The van der Waals surface area contributed by atoms with Crippen LogP contribution in [0.15, 0.2) is 158 Å². The van der Waals surface area contributed by atoms with E-state index in [-0.39, 0.29) is 0 Å². The monoisotopic (exact) mass is 646 g/mol. The van der Waals surface area contributed by atoms with Crippen LogP contribution >= 0.6 is 0 Å². The molecule has 0 N–H and O–H groups in total. The number of hydrogen-bond donors (Lipinski definition) is 0. The van der Waals surface area contributed by atoms with E-state index in [1.807, 2.05) is 54.6 Å². The lowest BCUT2D eigenvalue weighted by atomic mass is 9.83. The molecule has 234 valence electrons. The molecule has 0 amide bonds. The molecule has 0 aliphatic carbocycles. The summed E-state index contributed by atoms with van der Waals surface area (Å²) in [7, 11) is 0. The van der Waals surface area contributed by atoms with Crippen molar-refractivity contribution in [2.75, 3.05) is 0 Å². The van der Waals surface area contributed by atoms with Gasteiger partial charge < -0.3 is 4.57 Å². The topological polar surface area (TPSA) is 56.9 Å². The average Bonchev–Trinajstić information content (AvgIpc) is 3.52. The lowest BCUT2D eigenvalue weighted by molar-refractivity contribution is 1.18. The first-order valence-electron chi connectivity index (χ1n) is 16.7. The number of fused-ring (bicyclic) bond motifs is 5. The molecule has 0 saturated heterocycles. The minimum atomic E-state index is 0.575. The van der Waals surface area contributed by atoms with Gasteiger partial charge in [0.15, 0.2) is 5.69 Å². The van der Waals surface area contributed by atoms with Crippen LogP contribution in [0.4, 0.5) is 5.69 Å². The largest absolute Gasteiger partial charge is 0.309 e. The molecule has 4 heteroatoms. The van der Waals surface area contributed by atoms with Crippen LogP contribution in [-0.4, -0.2) is 4.57 Å². The Bertz CT molecular complexity index is 2860. The molecule has 0 radical (unpaired) electrons. The number of hydrogen-bond acceptors (Lipinski definition) is 2. The van der Waals surface area contributed by atoms with Crippen LogP contribution in [0.1, 0.15) is 11.1 Å². The maximum absolute atomic E-state index is 9.63. The van der Waals surface area contributed by atoms with E-state index >= 15 is 0 Å². The summed E-state index contributed by atoms with van der Waals surface area (Å²) in [6.07, 6.45) is 0. The van der Waals surface area contributed by atoms with Crippen LogP contribution in [0.2, 0.25) is 0 Å². The molecule has 9 rings (SSSR count). The molecule has 0 bridgehead atoms. The normalized spacial score (nSPS) is 11.1. The second kappa shape index (κ2) is 11.9. The number of benzene rings is 8. The van der Waals surface area contributed by atoms with Gasteiger partial charge >= 0.3 is 0 Å². The van der Waals surface area contributed by atoms with Gasteiger partial charge in [-0.15, -0.1) is 0 Å². The molecule has 8 aromatic carbocycles. The molecule has 0 aliphatic rings. The molecular formula is C47H26N4. The number of aromatic nitrogens is 1. The van der Waals surface area contributed by atoms with Crippen LogP contribution in [-0.2, 0) is 0 Å². The Morgan fingerprint density at radius 3 is 1.51 bits per heavy atom. The van der Waals surface area contributed by atoms with Gasteiger partial charge in [0.25, 0.3) is 0 Å². The Hall–Kier alpha value is -7.45. The van der Waals surface area contributed by atoms with Crippen LogP contribution < -0.4 is 0 Å². The van der Waals surface area contributed by atoms with Crippen LogP contribution in [0, 0.1) is 29.2 Å². The van der Waals surface area contributed by atoms with Crippen molar-refractivity contribution in [1.82, 2.24) is 4.57 Å². The summed E-state index contributed by atoms with van der Waals surface area (Å²) >= 11 is 0. The molecule has 0 saturated carbocycles. The summed E-state index contributed by atoms with van der Waals surface area (Å²) in [6.45, 7) is 7.93. The van der Waals surface area contributed by atoms with Crippen molar-refractivity contribution in [3.63, 3.8) is 0 Å². The van der Waals surface area contributed by atoms with Crippen molar-refractivity contribution in [3.8, 4) is 51.2 Å². The van der Waals surface area contributed by atoms with Gasteiger partial charge in [0.1, 0.15) is 0 Å². The highest BCUT2D eigenvalue weighted by atomic mass is 15.0. The Kier molecular flexibility index (Phi) is 6.93. The predicted molar refractivity (Wildman–Crippen MR) is 208 cm³/mol. The van der Waals surface area contributed by atoms with E-state index in [1.54, 1.807) is 0 Å². The Morgan fingerprint density at radius 1 is 0.451 bits per heavy atom. The smallest absolute Gasteiger partial charge is 0.187 e. The molecule has 9 aromatic rings. The SMILES string of the molecule is [C-]#[N+]c1ccc(-c2ccc(-n3c4ccc(C#N)cc4c4cc(C#N)ccc43)cc2)c(-c2c3ccccc3c(-c3ccccc3)c3ccccc23)c1. The highest BCUT2D eigenvalue weighted by molar-refractivity contribution is 6.22. The van der Waals surface area contributed by atoms with Gasteiger partial charge in [0, 0.05) is 16.5 Å². The van der Waals surface area contributed by atoms with Crippen LogP contribution in [0.5, 0.6) is 0 Å². The molecule has 0 aliphatic heterocycles. The van der Waals surface area contributed by atoms with E-state index in [0.29, 0.717) is 16.8 Å². The third kappa shape index (κ3) is 4.74. The van der Waals surface area contributed by atoms with Gasteiger partial charge in [-0.25, -0.2) is 4.85 Å². The van der Waals surface area contributed by atoms with Gasteiger partial charge in [0.05, 0.1) is 40.9 Å². The fraction of sp³-hybridized carbons (Fsp3) is 0. The van der Waals surface area contributed by atoms with Crippen molar-refractivity contribution in [2.24, 2.45) is 0 Å². The average molecular weight is 647 g/mol. The summed E-state index contributed by atoms with van der Waals surface area (Å²) in [5.74, 6) is 0. The maximum atomic E-state index is 9.63. The van der Waals surface area contributed by atoms with Gasteiger partial charge in [-0.3, -0.25) is 0 Å². The van der Waals surface area contributed by atoms with Crippen molar-refractivity contribution >= 4 is 49.0 Å². The first kappa shape index (κ1) is 29.7. The van der Waals surface area contributed by atoms with E-state index in [4.69, 9.17) is 6.57 Å². The van der Waals surface area contributed by atoms with E-state index in [1.165, 1.54) is 11.1 Å². The van der Waals surface area contributed by atoms with E-state index in [9.17, 15) is 10.5 Å². The van der Waals surface area contributed by atoms with Crippen molar-refractivity contribution < 1.29 is 0 Å². The van der Waals surface area contributed by atoms with Crippen LogP contribution in [0.3, 0.4) is 0 Å². The highest BCUT2D eigenvalue weighted by Gasteiger charge is 2.20. The van der Waals surface area contributed by atoms with Crippen molar-refractivity contribution in [2.45, 2.75) is 0 Å². The standard InChI is InChI=1S/C47H26N4/c1-50-34-19-22-36(32-17-20-35(21-18-32)51-44-23-15-30(28-48)25-41(44)42-26-31(29-49)16-24-45(42)51)43(27-34)47-39-13-7-5-11-37(39)46(33-9-3-2-4-10-33)38-12-6-8-14-40(38)47/h2-27H. The van der Waals surface area contributed by atoms with Gasteiger partial charge in [0.2, 0.25) is 0 Å². The third-order valence-electron chi connectivity index (χ3n) is 9.86. The molecule has 0 fully saturated rings. The summed E-state index contributed by atoms with van der Waals surface area (Å²) in [5.41, 5.74) is 11.2. The molecule has 0 spiro atoms. The minimum absolute atomic E-state index is 0.575. The zero-order chi connectivity index (χ0) is 34.5. The second-order valence-electron chi connectivity index (χ2n) is 12.6. The summed E-state index contributed by atoms with van der Waals surface area (Å²) in [5, 5.41) is 25.7. The predicted octanol–water partition coefficient (Wildman–Crippen LogP) is 12.4. The molecule has 0 atom stereocenters. The minimum Gasteiger partial charge on any atom is -0.309 e. The van der Waals surface area contributed by atoms with E-state index < -0.39 is 0 Å². The Balaban J connectivity index is 1.27. The lowest BCUT2D eigenvalue weighted by Gasteiger charge is -2.20. The van der Waals surface area contributed by atoms with Crippen molar-refractivity contribution in [1.29, 1.82) is 10.5 Å². The molecule has 4 nitrogen and oxygen atoms in total. The summed E-state index contributed by atoms with van der Waals surface area (Å²) < 4.78 is 2.18. The fourth-order valence-electron chi connectivity index (χ4n) is 7.63. The quantitative estimate of drug-likeness (QED) is 0.141. The van der Waals surface area contributed by atoms with Crippen molar-refractivity contribution in [3.05, 3.63) is 180 Å². The second-order valence-corrected chi connectivity index (χ2v) is 12.6. The Morgan fingerprint density at radius 2 is 0.980 bits per heavy atom. The van der Waals surface area contributed by atoms with E-state index in [2.05, 4.69) is 125 Å². The van der Waals surface area contributed by atoms with Gasteiger partial charge in [-0.1, -0.05) is 103 Å². The first-order chi connectivity index (χ1) is 25.2. The summed E-state index contributed by atoms with van der Waals surface area (Å²) in [6, 6.07) is 58.1. The molecule has 1 heterocycles. The Labute approximate surface area is 294 Å². The zero-order valence-corrected chi connectivity index (χ0v) is 27.3. The first-order valence-corrected chi connectivity index (χ1v) is 16.7. The third-order valence-corrected chi connectivity index (χ3v) is 9.86. The van der Waals surface area contributed by atoms with Gasteiger partial charge in [-0.05, 0) is 110 Å². The number of rotatable bonds is 4. The highest BCUT2D eigenvalue weighted by Crippen LogP contribution is 2.47. The van der Waals surface area contributed by atoms with Crippen LogP contribution in [0.25, 0.3) is 87.3 Å².